The molecule has 0 bridgehead atoms. The Morgan fingerprint density at radius 3 is 2.26 bits per heavy atom. The van der Waals surface area contributed by atoms with Gasteiger partial charge < -0.3 is 14.4 Å². The molecule has 0 N–H and O–H groups in total. The zero-order chi connectivity index (χ0) is 26.0. The maximum atomic E-state index is 13.7. The van der Waals surface area contributed by atoms with Crippen LogP contribution in [0.1, 0.15) is 90.5 Å². The van der Waals surface area contributed by atoms with E-state index in [9.17, 15) is 9.59 Å². The molecule has 5 heteroatoms. The SMILES string of the molecule is CCCCC(CC)C(=O)N(CC(=O)N(Cc1cccn1Cc1ccccc1C)C(C)CC)C(C)C. The molecule has 1 heterocycles. The lowest BCUT2D eigenvalue weighted by Gasteiger charge is -2.35. The Kier molecular flexibility index (Phi) is 11.6. The topological polar surface area (TPSA) is 45.6 Å². The summed E-state index contributed by atoms with van der Waals surface area (Å²) in [6, 6.07) is 12.7. The molecule has 0 saturated carbocycles. The van der Waals surface area contributed by atoms with Gasteiger partial charge in [0.2, 0.25) is 11.8 Å². The van der Waals surface area contributed by atoms with E-state index in [1.54, 1.807) is 4.90 Å². The summed E-state index contributed by atoms with van der Waals surface area (Å²) in [5.74, 6) is 0.139. The average molecular weight is 482 g/mol. The van der Waals surface area contributed by atoms with Crippen LogP contribution in [0.3, 0.4) is 0 Å². The molecule has 5 nitrogen and oxygen atoms in total. The van der Waals surface area contributed by atoms with E-state index >= 15 is 0 Å². The number of rotatable bonds is 14. The molecule has 2 rings (SSSR count). The van der Waals surface area contributed by atoms with Gasteiger partial charge in [-0.05, 0) is 70.2 Å². The zero-order valence-electron chi connectivity index (χ0n) is 23.1. The number of nitrogens with zero attached hydrogens (tertiary/aromatic N) is 3. The quantitative estimate of drug-likeness (QED) is 0.312. The summed E-state index contributed by atoms with van der Waals surface area (Å²) in [7, 11) is 0. The number of aromatic nitrogens is 1. The van der Waals surface area contributed by atoms with Gasteiger partial charge in [0.1, 0.15) is 6.54 Å². The molecule has 35 heavy (non-hydrogen) atoms. The fourth-order valence-electron chi connectivity index (χ4n) is 4.54. The van der Waals surface area contributed by atoms with E-state index < -0.39 is 0 Å². The van der Waals surface area contributed by atoms with Crippen LogP contribution in [0.2, 0.25) is 0 Å². The number of carbonyl (C=O) groups is 2. The fourth-order valence-corrected chi connectivity index (χ4v) is 4.54. The molecular formula is C30H47N3O2. The van der Waals surface area contributed by atoms with Crippen LogP contribution in [0.4, 0.5) is 0 Å². The van der Waals surface area contributed by atoms with Gasteiger partial charge in [0.05, 0.1) is 6.54 Å². The highest BCUT2D eigenvalue weighted by molar-refractivity contribution is 5.86. The van der Waals surface area contributed by atoms with Crippen molar-refractivity contribution in [3.8, 4) is 0 Å². The minimum atomic E-state index is -0.00849. The molecule has 0 fully saturated rings. The third-order valence-corrected chi connectivity index (χ3v) is 7.26. The number of unbranched alkanes of at least 4 members (excludes halogenated alkanes) is 1. The van der Waals surface area contributed by atoms with Crippen molar-refractivity contribution in [2.75, 3.05) is 6.54 Å². The van der Waals surface area contributed by atoms with Crippen LogP contribution >= 0.6 is 0 Å². The molecule has 2 atom stereocenters. The maximum Gasteiger partial charge on any atom is 0.242 e. The van der Waals surface area contributed by atoms with E-state index in [1.807, 2.05) is 18.7 Å². The van der Waals surface area contributed by atoms with Crippen molar-refractivity contribution in [3.05, 3.63) is 59.4 Å². The van der Waals surface area contributed by atoms with E-state index in [2.05, 4.69) is 81.8 Å². The standard InChI is InChI=1S/C30H47N3O2/c1-8-11-16-26(10-3)30(35)32(23(4)5)22-29(34)33(25(7)9-2)21-28-18-14-19-31(28)20-27-17-13-12-15-24(27)6/h12-15,17-19,23,25-26H,8-11,16,20-22H2,1-7H3. The minimum absolute atomic E-state index is 0.00598. The Balaban J connectivity index is 2.21. The molecule has 1 aromatic carbocycles. The first-order valence-electron chi connectivity index (χ1n) is 13.5. The van der Waals surface area contributed by atoms with Crippen molar-refractivity contribution >= 4 is 11.8 Å². The third kappa shape index (κ3) is 7.98. The largest absolute Gasteiger partial charge is 0.345 e. The van der Waals surface area contributed by atoms with Crippen LogP contribution < -0.4 is 0 Å². The van der Waals surface area contributed by atoms with Gasteiger partial charge in [-0.2, -0.15) is 0 Å². The van der Waals surface area contributed by atoms with Gasteiger partial charge in [0.25, 0.3) is 0 Å². The van der Waals surface area contributed by atoms with E-state index in [0.29, 0.717) is 6.54 Å². The smallest absolute Gasteiger partial charge is 0.242 e. The van der Waals surface area contributed by atoms with E-state index in [1.165, 1.54) is 11.1 Å². The van der Waals surface area contributed by atoms with Crippen LogP contribution in [0, 0.1) is 12.8 Å². The Morgan fingerprint density at radius 2 is 1.66 bits per heavy atom. The van der Waals surface area contributed by atoms with E-state index in [0.717, 1.165) is 44.3 Å². The van der Waals surface area contributed by atoms with Gasteiger partial charge in [-0.1, -0.05) is 57.9 Å². The highest BCUT2D eigenvalue weighted by atomic mass is 16.2. The summed E-state index contributed by atoms with van der Waals surface area (Å²) in [6.07, 6.45) is 6.79. The van der Waals surface area contributed by atoms with E-state index in [-0.39, 0.29) is 36.4 Å². The number of amides is 2. The summed E-state index contributed by atoms with van der Waals surface area (Å²) in [5, 5.41) is 0. The highest BCUT2D eigenvalue weighted by Crippen LogP contribution is 2.20. The van der Waals surface area contributed by atoms with Crippen molar-refractivity contribution in [2.24, 2.45) is 5.92 Å². The highest BCUT2D eigenvalue weighted by Gasteiger charge is 2.29. The van der Waals surface area contributed by atoms with Crippen LogP contribution in [0.15, 0.2) is 42.6 Å². The van der Waals surface area contributed by atoms with Crippen LogP contribution in [-0.4, -0.2) is 44.8 Å². The Hall–Kier alpha value is -2.56. The number of hydrogen-bond acceptors (Lipinski definition) is 2. The second kappa shape index (κ2) is 14.1. The molecule has 0 aliphatic rings. The summed E-state index contributed by atoms with van der Waals surface area (Å²) < 4.78 is 2.23. The van der Waals surface area contributed by atoms with Gasteiger partial charge in [0.15, 0.2) is 0 Å². The van der Waals surface area contributed by atoms with Gasteiger partial charge in [0, 0.05) is 36.4 Å². The minimum Gasteiger partial charge on any atom is -0.345 e. The average Bonchev–Trinajstić information content (AvgIpc) is 3.28. The Morgan fingerprint density at radius 1 is 0.943 bits per heavy atom. The number of benzene rings is 1. The fraction of sp³-hybridized carbons (Fsp3) is 0.600. The predicted octanol–water partition coefficient (Wildman–Crippen LogP) is 6.43. The first kappa shape index (κ1) is 28.7. The molecule has 1 aromatic heterocycles. The van der Waals surface area contributed by atoms with Crippen LogP contribution in [0.25, 0.3) is 0 Å². The second-order valence-corrected chi connectivity index (χ2v) is 10.1. The number of hydrogen-bond donors (Lipinski definition) is 0. The molecule has 2 amide bonds. The van der Waals surface area contributed by atoms with Crippen molar-refractivity contribution in [3.63, 3.8) is 0 Å². The first-order chi connectivity index (χ1) is 16.7. The molecule has 194 valence electrons. The summed E-state index contributed by atoms with van der Waals surface area (Å²) in [6.45, 7) is 16.1. The molecule has 0 spiro atoms. The molecule has 0 aliphatic carbocycles. The third-order valence-electron chi connectivity index (χ3n) is 7.26. The van der Waals surface area contributed by atoms with Gasteiger partial charge in [-0.25, -0.2) is 0 Å². The van der Waals surface area contributed by atoms with Crippen molar-refractivity contribution < 1.29 is 9.59 Å². The number of carbonyl (C=O) groups excluding carboxylic acids is 2. The lowest BCUT2D eigenvalue weighted by molar-refractivity contribution is -0.146. The maximum absolute atomic E-state index is 13.7. The lowest BCUT2D eigenvalue weighted by Crippen LogP contribution is -2.49. The van der Waals surface area contributed by atoms with Crippen LogP contribution in [-0.2, 0) is 22.7 Å². The van der Waals surface area contributed by atoms with Crippen molar-refractivity contribution in [1.29, 1.82) is 0 Å². The monoisotopic (exact) mass is 481 g/mol. The summed E-state index contributed by atoms with van der Waals surface area (Å²) >= 11 is 0. The van der Waals surface area contributed by atoms with Crippen LogP contribution in [0.5, 0.6) is 0 Å². The van der Waals surface area contributed by atoms with E-state index in [4.69, 9.17) is 0 Å². The van der Waals surface area contributed by atoms with Gasteiger partial charge in [-0.3, -0.25) is 9.59 Å². The first-order valence-corrected chi connectivity index (χ1v) is 13.5. The predicted molar refractivity (Wildman–Crippen MR) is 145 cm³/mol. The summed E-state index contributed by atoms with van der Waals surface area (Å²) in [5.41, 5.74) is 3.65. The molecule has 0 aliphatic heterocycles. The lowest BCUT2D eigenvalue weighted by atomic mass is 9.97. The molecule has 2 aromatic rings. The number of aryl methyl sites for hydroxylation is 1. The van der Waals surface area contributed by atoms with Crippen molar-refractivity contribution in [2.45, 2.75) is 106 Å². The van der Waals surface area contributed by atoms with Crippen molar-refractivity contribution in [1.82, 2.24) is 14.4 Å². The molecule has 0 radical (unpaired) electrons. The Bertz CT molecular complexity index is 933. The molecule has 0 saturated heterocycles. The van der Waals surface area contributed by atoms with Gasteiger partial charge >= 0.3 is 0 Å². The molecular weight excluding hydrogens is 434 g/mol. The van der Waals surface area contributed by atoms with Gasteiger partial charge in [-0.15, -0.1) is 0 Å². The normalized spacial score (nSPS) is 13.0. The summed E-state index contributed by atoms with van der Waals surface area (Å²) in [4.78, 5) is 30.8. The zero-order valence-corrected chi connectivity index (χ0v) is 23.1. The Labute approximate surface area is 213 Å². The second-order valence-electron chi connectivity index (χ2n) is 10.1. The molecule has 2 unspecified atom stereocenters.